The number of ether oxygens (including phenoxy) is 1. The van der Waals surface area contributed by atoms with Crippen molar-refractivity contribution in [2.24, 2.45) is 7.05 Å². The molecule has 0 bridgehead atoms. The van der Waals surface area contributed by atoms with Crippen LogP contribution in [0, 0.1) is 0 Å². The van der Waals surface area contributed by atoms with Crippen molar-refractivity contribution >= 4 is 5.69 Å². The van der Waals surface area contributed by atoms with Crippen LogP contribution in [0.5, 0.6) is 5.88 Å². The quantitative estimate of drug-likeness (QED) is 0.351. The third-order valence-electron chi connectivity index (χ3n) is 6.30. The molecule has 0 atom stereocenters. The Morgan fingerprint density at radius 1 is 1.05 bits per heavy atom. The Hall–Kier alpha value is -4.02. The highest BCUT2D eigenvalue weighted by Crippen LogP contribution is 2.45. The summed E-state index contributed by atoms with van der Waals surface area (Å²) in [6.45, 7) is 0. The number of imidazole rings is 1. The van der Waals surface area contributed by atoms with Crippen LogP contribution in [0.25, 0.3) is 22.8 Å². The molecule has 0 unspecified atom stereocenters. The number of methoxy groups -OCH3 is 1. The molecule has 0 spiro atoms. The highest BCUT2D eigenvalue weighted by Gasteiger charge is 2.34. The monoisotopic (exact) mass is 509 g/mol. The lowest BCUT2D eigenvalue weighted by Crippen LogP contribution is -2.14. The van der Waals surface area contributed by atoms with E-state index in [1.807, 2.05) is 31.1 Å². The van der Waals surface area contributed by atoms with Gasteiger partial charge in [0.2, 0.25) is 5.88 Å². The van der Waals surface area contributed by atoms with Gasteiger partial charge >= 0.3 is 6.18 Å². The van der Waals surface area contributed by atoms with E-state index in [9.17, 15) is 13.2 Å². The Labute approximate surface area is 212 Å². The molecule has 1 fully saturated rings. The smallest absolute Gasteiger partial charge is 0.434 e. The van der Waals surface area contributed by atoms with Gasteiger partial charge in [-0.2, -0.15) is 13.2 Å². The van der Waals surface area contributed by atoms with Crippen molar-refractivity contribution in [3.8, 4) is 28.7 Å². The van der Waals surface area contributed by atoms with Crippen LogP contribution in [0.1, 0.15) is 41.4 Å². The Morgan fingerprint density at radius 3 is 2.38 bits per heavy atom. The second-order valence-corrected chi connectivity index (χ2v) is 9.27. The van der Waals surface area contributed by atoms with Gasteiger partial charge in [-0.25, -0.2) is 24.9 Å². The zero-order chi connectivity index (χ0) is 26.3. The fourth-order valence-electron chi connectivity index (χ4n) is 4.28. The van der Waals surface area contributed by atoms with E-state index < -0.39 is 11.9 Å². The number of halogens is 3. The molecule has 0 N–H and O–H groups in total. The Kier molecular flexibility index (Phi) is 6.30. The number of alkyl halides is 3. The molecule has 37 heavy (non-hydrogen) atoms. The number of anilines is 1. The van der Waals surface area contributed by atoms with Gasteiger partial charge in [-0.15, -0.1) is 0 Å². The van der Waals surface area contributed by atoms with Crippen LogP contribution >= 0.6 is 0 Å². The van der Waals surface area contributed by atoms with E-state index >= 15 is 0 Å². The van der Waals surface area contributed by atoms with Gasteiger partial charge in [-0.05, 0) is 18.4 Å². The average molecular weight is 510 g/mol. The van der Waals surface area contributed by atoms with Crippen molar-refractivity contribution in [2.75, 3.05) is 26.1 Å². The normalized spacial score (nSPS) is 13.6. The number of hydrogen-bond acceptors (Lipinski definition) is 7. The molecule has 5 rings (SSSR count). The van der Waals surface area contributed by atoms with Crippen molar-refractivity contribution in [3.05, 3.63) is 65.6 Å². The standard InChI is InChI=1S/C26H26F3N7O/c1-35(2)19-12-30-23(21-22(16-9-10-16)31-14-32-25(21)37-4)33-18(19)11-15-5-7-17(8-6-15)24-34-20(13-36(24)3)26(27,28)29/h5-8,12-14,16H,9-11H2,1-4H3. The van der Waals surface area contributed by atoms with Crippen LogP contribution in [0.4, 0.5) is 18.9 Å². The summed E-state index contributed by atoms with van der Waals surface area (Å²) in [7, 11) is 6.96. The number of aromatic nitrogens is 6. The van der Waals surface area contributed by atoms with E-state index in [-0.39, 0.29) is 5.82 Å². The summed E-state index contributed by atoms with van der Waals surface area (Å²) in [5, 5.41) is 0. The van der Waals surface area contributed by atoms with Crippen molar-refractivity contribution in [2.45, 2.75) is 31.4 Å². The van der Waals surface area contributed by atoms with E-state index in [2.05, 4.69) is 19.9 Å². The van der Waals surface area contributed by atoms with Crippen molar-refractivity contribution in [1.29, 1.82) is 0 Å². The van der Waals surface area contributed by atoms with E-state index in [0.29, 0.717) is 35.2 Å². The number of benzene rings is 1. The van der Waals surface area contributed by atoms with Gasteiger partial charge < -0.3 is 14.2 Å². The maximum absolute atomic E-state index is 13.1. The highest BCUT2D eigenvalue weighted by atomic mass is 19.4. The summed E-state index contributed by atoms with van der Waals surface area (Å²) in [4.78, 5) is 24.0. The summed E-state index contributed by atoms with van der Waals surface area (Å²) >= 11 is 0. The molecule has 1 saturated carbocycles. The first-order valence-electron chi connectivity index (χ1n) is 11.8. The van der Waals surface area contributed by atoms with Crippen molar-refractivity contribution in [1.82, 2.24) is 29.5 Å². The van der Waals surface area contributed by atoms with Gasteiger partial charge in [0.25, 0.3) is 0 Å². The van der Waals surface area contributed by atoms with E-state index in [4.69, 9.17) is 9.72 Å². The first kappa shape index (κ1) is 24.7. The Morgan fingerprint density at radius 2 is 1.78 bits per heavy atom. The van der Waals surface area contributed by atoms with Gasteiger partial charge in [-0.1, -0.05) is 24.3 Å². The van der Waals surface area contributed by atoms with Crippen LogP contribution in [-0.2, 0) is 19.6 Å². The van der Waals surface area contributed by atoms with Crippen molar-refractivity contribution in [3.63, 3.8) is 0 Å². The topological polar surface area (TPSA) is 81.9 Å². The molecule has 0 amide bonds. The minimum absolute atomic E-state index is 0.251. The molecule has 1 aliphatic carbocycles. The first-order chi connectivity index (χ1) is 17.7. The molecule has 4 aromatic rings. The Bertz CT molecular complexity index is 1430. The van der Waals surface area contributed by atoms with Crippen LogP contribution in [0.3, 0.4) is 0 Å². The Balaban J connectivity index is 1.48. The fraction of sp³-hybridized carbons (Fsp3) is 0.346. The molecule has 192 valence electrons. The van der Waals surface area contributed by atoms with Gasteiger partial charge in [0.05, 0.1) is 30.4 Å². The van der Waals surface area contributed by atoms with Gasteiger partial charge in [0, 0.05) is 45.2 Å². The maximum atomic E-state index is 13.1. The lowest BCUT2D eigenvalue weighted by Gasteiger charge is -2.18. The number of hydrogen-bond donors (Lipinski definition) is 0. The minimum atomic E-state index is -4.49. The molecular weight excluding hydrogens is 483 g/mol. The lowest BCUT2D eigenvalue weighted by molar-refractivity contribution is -0.140. The molecular formula is C26H26F3N7O. The summed E-state index contributed by atoms with van der Waals surface area (Å²) in [5.74, 6) is 1.55. The minimum Gasteiger partial charge on any atom is -0.480 e. The molecule has 8 nitrogen and oxygen atoms in total. The second kappa shape index (κ2) is 9.45. The average Bonchev–Trinajstić information content (AvgIpc) is 3.64. The molecule has 1 aromatic carbocycles. The van der Waals surface area contributed by atoms with E-state index in [0.717, 1.165) is 41.7 Å². The molecule has 0 aliphatic heterocycles. The SMILES string of the molecule is COc1ncnc(C2CC2)c1-c1ncc(N(C)C)c(Cc2ccc(-c3nc(C(F)(F)F)cn3C)cc2)n1. The largest absolute Gasteiger partial charge is 0.480 e. The zero-order valence-corrected chi connectivity index (χ0v) is 20.9. The van der Waals surface area contributed by atoms with Gasteiger partial charge in [0.15, 0.2) is 11.5 Å². The third kappa shape index (κ3) is 4.98. The van der Waals surface area contributed by atoms with Gasteiger partial charge in [-0.3, -0.25) is 0 Å². The lowest BCUT2D eigenvalue weighted by atomic mass is 10.0. The number of rotatable bonds is 7. The maximum Gasteiger partial charge on any atom is 0.434 e. The number of nitrogens with zero attached hydrogens (tertiary/aromatic N) is 7. The number of aryl methyl sites for hydroxylation is 1. The summed E-state index contributed by atoms with van der Waals surface area (Å²) in [5.41, 5.74) is 3.89. The van der Waals surface area contributed by atoms with Crippen LogP contribution < -0.4 is 9.64 Å². The molecule has 3 aromatic heterocycles. The third-order valence-corrected chi connectivity index (χ3v) is 6.30. The molecule has 0 saturated heterocycles. The summed E-state index contributed by atoms with van der Waals surface area (Å²) in [6.07, 6.45) is 2.40. The second-order valence-electron chi connectivity index (χ2n) is 9.27. The van der Waals surface area contributed by atoms with Gasteiger partial charge in [0.1, 0.15) is 17.7 Å². The molecule has 11 heteroatoms. The molecule has 3 heterocycles. The summed E-state index contributed by atoms with van der Waals surface area (Å²) < 4.78 is 46.1. The van der Waals surface area contributed by atoms with Crippen LogP contribution in [0.15, 0.2) is 43.0 Å². The van der Waals surface area contributed by atoms with Crippen molar-refractivity contribution < 1.29 is 17.9 Å². The van der Waals surface area contributed by atoms with Crippen LogP contribution in [-0.4, -0.2) is 50.7 Å². The fourth-order valence-corrected chi connectivity index (χ4v) is 4.28. The predicted octanol–water partition coefficient (Wildman–Crippen LogP) is 4.90. The highest BCUT2D eigenvalue weighted by molar-refractivity contribution is 5.67. The molecule has 0 radical (unpaired) electrons. The van der Waals surface area contributed by atoms with E-state index in [1.54, 1.807) is 32.5 Å². The molecule has 1 aliphatic rings. The zero-order valence-electron chi connectivity index (χ0n) is 20.9. The predicted molar refractivity (Wildman–Crippen MR) is 132 cm³/mol. The van der Waals surface area contributed by atoms with E-state index in [1.165, 1.54) is 10.9 Å². The first-order valence-corrected chi connectivity index (χ1v) is 11.8. The summed E-state index contributed by atoms with van der Waals surface area (Å²) in [6, 6.07) is 7.30. The van der Waals surface area contributed by atoms with Crippen LogP contribution in [0.2, 0.25) is 0 Å².